The predicted molar refractivity (Wildman–Crippen MR) is 44.0 cm³/mol. The van der Waals surface area contributed by atoms with Crippen LogP contribution in [0, 0.1) is 5.95 Å². The molecule has 2 nitrogen and oxygen atoms in total. The molecule has 1 aromatic heterocycles. The van der Waals surface area contributed by atoms with Gasteiger partial charge in [0.15, 0.2) is 0 Å². The minimum absolute atomic E-state index is 0. The van der Waals surface area contributed by atoms with Gasteiger partial charge in [0.05, 0.1) is 0 Å². The van der Waals surface area contributed by atoms with E-state index in [1.54, 1.807) is 6.07 Å². The maximum atomic E-state index is 12.2. The van der Waals surface area contributed by atoms with Crippen molar-refractivity contribution in [3.63, 3.8) is 0 Å². The Kier molecular flexibility index (Phi) is 4.00. The van der Waals surface area contributed by atoms with Crippen LogP contribution in [0.25, 0.3) is 0 Å². The van der Waals surface area contributed by atoms with Crippen LogP contribution in [0.15, 0.2) is 18.3 Å². The van der Waals surface area contributed by atoms with Crippen LogP contribution in [0.1, 0.15) is 18.5 Å². The average molecular weight is 177 g/mol. The Hall–Kier alpha value is -0.670. The van der Waals surface area contributed by atoms with Crippen molar-refractivity contribution in [3.05, 3.63) is 29.8 Å². The Morgan fingerprint density at radius 3 is 2.55 bits per heavy atom. The average Bonchev–Trinajstić information content (AvgIpc) is 1.88. The van der Waals surface area contributed by atoms with Crippen LogP contribution in [-0.4, -0.2) is 4.98 Å². The van der Waals surface area contributed by atoms with Gasteiger partial charge in [-0.2, -0.15) is 4.39 Å². The van der Waals surface area contributed by atoms with Crippen molar-refractivity contribution in [1.82, 2.24) is 4.98 Å². The molecule has 0 radical (unpaired) electrons. The van der Waals surface area contributed by atoms with Gasteiger partial charge in [-0.05, 0) is 18.6 Å². The molecule has 0 saturated heterocycles. The third kappa shape index (κ3) is 2.82. The van der Waals surface area contributed by atoms with Crippen LogP contribution in [0.2, 0.25) is 0 Å². The highest BCUT2D eigenvalue weighted by atomic mass is 35.5. The van der Waals surface area contributed by atoms with Gasteiger partial charge in [-0.25, -0.2) is 4.98 Å². The van der Waals surface area contributed by atoms with E-state index in [9.17, 15) is 4.39 Å². The SMILES string of the molecule is C[C@H](N)c1ccc(F)nc1.Cl. The van der Waals surface area contributed by atoms with E-state index in [1.165, 1.54) is 12.3 Å². The van der Waals surface area contributed by atoms with E-state index in [-0.39, 0.29) is 18.4 Å². The van der Waals surface area contributed by atoms with E-state index in [2.05, 4.69) is 4.98 Å². The maximum absolute atomic E-state index is 12.2. The van der Waals surface area contributed by atoms with Gasteiger partial charge >= 0.3 is 0 Å². The van der Waals surface area contributed by atoms with Crippen LogP contribution in [-0.2, 0) is 0 Å². The van der Waals surface area contributed by atoms with Crippen LogP contribution >= 0.6 is 12.4 Å². The van der Waals surface area contributed by atoms with E-state index < -0.39 is 5.95 Å². The summed E-state index contributed by atoms with van der Waals surface area (Å²) in [5, 5.41) is 0. The van der Waals surface area contributed by atoms with E-state index in [0.717, 1.165) is 5.56 Å². The lowest BCUT2D eigenvalue weighted by Crippen LogP contribution is -2.05. The number of aromatic nitrogens is 1. The molecule has 0 aliphatic carbocycles. The zero-order valence-corrected chi connectivity index (χ0v) is 6.94. The van der Waals surface area contributed by atoms with Crippen molar-refractivity contribution in [2.75, 3.05) is 0 Å². The van der Waals surface area contributed by atoms with Gasteiger partial charge in [0, 0.05) is 12.2 Å². The zero-order valence-electron chi connectivity index (χ0n) is 6.12. The third-order valence-corrected chi connectivity index (χ3v) is 1.28. The molecule has 1 heterocycles. The molecule has 0 saturated carbocycles. The normalized spacial score (nSPS) is 11.9. The largest absolute Gasteiger partial charge is 0.324 e. The van der Waals surface area contributed by atoms with Crippen molar-refractivity contribution in [1.29, 1.82) is 0 Å². The molecular formula is C7H10ClFN2. The van der Waals surface area contributed by atoms with E-state index in [0.29, 0.717) is 0 Å². The van der Waals surface area contributed by atoms with Gasteiger partial charge in [0.25, 0.3) is 0 Å². The van der Waals surface area contributed by atoms with Gasteiger partial charge in [-0.15, -0.1) is 12.4 Å². The van der Waals surface area contributed by atoms with Gasteiger partial charge < -0.3 is 5.73 Å². The highest BCUT2D eigenvalue weighted by Crippen LogP contribution is 2.06. The van der Waals surface area contributed by atoms with Crippen LogP contribution < -0.4 is 5.73 Å². The summed E-state index contributed by atoms with van der Waals surface area (Å²) in [6, 6.07) is 2.86. The molecule has 0 fully saturated rings. The zero-order chi connectivity index (χ0) is 7.56. The van der Waals surface area contributed by atoms with Crippen molar-refractivity contribution in [2.45, 2.75) is 13.0 Å². The Balaban J connectivity index is 0.000001000. The Labute approximate surface area is 71.0 Å². The van der Waals surface area contributed by atoms with Crippen LogP contribution in [0.5, 0.6) is 0 Å². The summed E-state index contributed by atoms with van der Waals surface area (Å²) >= 11 is 0. The van der Waals surface area contributed by atoms with Crippen molar-refractivity contribution >= 4 is 12.4 Å². The monoisotopic (exact) mass is 176 g/mol. The molecular weight excluding hydrogens is 167 g/mol. The minimum atomic E-state index is -0.468. The fraction of sp³-hybridized carbons (Fsp3) is 0.286. The molecule has 11 heavy (non-hydrogen) atoms. The number of rotatable bonds is 1. The van der Waals surface area contributed by atoms with Crippen molar-refractivity contribution < 1.29 is 4.39 Å². The smallest absolute Gasteiger partial charge is 0.212 e. The van der Waals surface area contributed by atoms with E-state index in [1.807, 2.05) is 6.92 Å². The molecule has 0 bridgehead atoms. The molecule has 1 aromatic rings. The lowest BCUT2D eigenvalue weighted by atomic mass is 10.2. The highest BCUT2D eigenvalue weighted by molar-refractivity contribution is 5.85. The second kappa shape index (κ2) is 4.26. The maximum Gasteiger partial charge on any atom is 0.212 e. The first-order chi connectivity index (χ1) is 4.70. The van der Waals surface area contributed by atoms with Gasteiger partial charge in [-0.1, -0.05) is 6.07 Å². The second-order valence-corrected chi connectivity index (χ2v) is 2.20. The lowest BCUT2D eigenvalue weighted by molar-refractivity contribution is 0.580. The first-order valence-electron chi connectivity index (χ1n) is 3.07. The Bertz CT molecular complexity index is 210. The topological polar surface area (TPSA) is 38.9 Å². The molecule has 0 aromatic carbocycles. The molecule has 0 aliphatic heterocycles. The molecule has 1 atom stereocenters. The van der Waals surface area contributed by atoms with Crippen molar-refractivity contribution in [2.24, 2.45) is 5.73 Å². The second-order valence-electron chi connectivity index (χ2n) is 2.20. The van der Waals surface area contributed by atoms with Crippen LogP contribution in [0.3, 0.4) is 0 Å². The van der Waals surface area contributed by atoms with E-state index in [4.69, 9.17) is 5.73 Å². The number of nitrogens with two attached hydrogens (primary N) is 1. The highest BCUT2D eigenvalue weighted by Gasteiger charge is 1.98. The molecule has 0 spiro atoms. The molecule has 62 valence electrons. The molecule has 0 aliphatic rings. The fourth-order valence-electron chi connectivity index (χ4n) is 0.657. The predicted octanol–water partition coefficient (Wildman–Crippen LogP) is 1.66. The number of hydrogen-bond acceptors (Lipinski definition) is 2. The summed E-state index contributed by atoms with van der Waals surface area (Å²) in [4.78, 5) is 3.45. The molecule has 2 N–H and O–H groups in total. The standard InChI is InChI=1S/C7H9FN2.ClH/c1-5(9)6-2-3-7(8)10-4-6;/h2-5H,9H2,1H3;1H/t5-;/m0./s1. The van der Waals surface area contributed by atoms with E-state index >= 15 is 0 Å². The first kappa shape index (κ1) is 10.3. The van der Waals surface area contributed by atoms with Gasteiger partial charge in [0.2, 0.25) is 5.95 Å². The van der Waals surface area contributed by atoms with Crippen molar-refractivity contribution in [3.8, 4) is 0 Å². The summed E-state index contributed by atoms with van der Waals surface area (Å²) in [5.74, 6) is -0.468. The summed E-state index contributed by atoms with van der Waals surface area (Å²) in [6.45, 7) is 1.83. The summed E-state index contributed by atoms with van der Waals surface area (Å²) in [5.41, 5.74) is 6.35. The fourth-order valence-corrected chi connectivity index (χ4v) is 0.657. The summed E-state index contributed by atoms with van der Waals surface area (Å²) in [6.07, 6.45) is 1.44. The molecule has 0 unspecified atom stereocenters. The van der Waals surface area contributed by atoms with Gasteiger partial charge in [0.1, 0.15) is 0 Å². The first-order valence-corrected chi connectivity index (χ1v) is 3.07. The van der Waals surface area contributed by atoms with Gasteiger partial charge in [-0.3, -0.25) is 0 Å². The number of halogens is 2. The summed E-state index contributed by atoms with van der Waals surface area (Å²) < 4.78 is 12.2. The minimum Gasteiger partial charge on any atom is -0.324 e. The Morgan fingerprint density at radius 1 is 1.55 bits per heavy atom. The quantitative estimate of drug-likeness (QED) is 0.661. The third-order valence-electron chi connectivity index (χ3n) is 1.28. The molecule has 4 heteroatoms. The molecule has 0 amide bonds. The Morgan fingerprint density at radius 2 is 2.18 bits per heavy atom. The number of pyridine rings is 1. The number of hydrogen-bond donors (Lipinski definition) is 1. The lowest BCUT2D eigenvalue weighted by Gasteiger charge is -2.02. The number of nitrogens with zero attached hydrogens (tertiary/aromatic N) is 1. The molecule has 1 rings (SSSR count). The summed E-state index contributed by atoms with van der Waals surface area (Å²) in [7, 11) is 0. The van der Waals surface area contributed by atoms with Crippen LogP contribution in [0.4, 0.5) is 4.39 Å².